The molecule has 0 spiro atoms. The molecule has 0 aliphatic carbocycles. The van der Waals surface area contributed by atoms with Gasteiger partial charge in [0, 0.05) is 25.2 Å². The molecule has 0 heterocycles. The van der Waals surface area contributed by atoms with Crippen molar-refractivity contribution in [1.29, 1.82) is 0 Å². The molecule has 0 saturated heterocycles. The zero-order valence-corrected chi connectivity index (χ0v) is 19.5. The molecule has 0 atom stereocenters. The molecule has 0 bridgehead atoms. The maximum atomic E-state index is 14.3. The predicted molar refractivity (Wildman–Crippen MR) is 121 cm³/mol. The zero-order valence-electron chi connectivity index (χ0n) is 19.5. The average molecular weight is 493 g/mol. The highest BCUT2D eigenvalue weighted by atomic mass is 19.4. The Morgan fingerprint density at radius 3 is 1.94 bits per heavy atom. The van der Waals surface area contributed by atoms with Crippen molar-refractivity contribution in [3.8, 4) is 0 Å². The lowest BCUT2D eigenvalue weighted by Gasteiger charge is -2.25. The Bertz CT molecular complexity index is 1170. The molecule has 0 aliphatic heterocycles. The van der Waals surface area contributed by atoms with E-state index in [1.54, 1.807) is 12.1 Å². The second kappa shape index (κ2) is 10.1. The third-order valence-corrected chi connectivity index (χ3v) is 5.63. The number of halogens is 6. The Morgan fingerprint density at radius 2 is 1.40 bits per heavy atom. The predicted octanol–water partition coefficient (Wildman–Crippen LogP) is 7.31. The Kier molecular flexibility index (Phi) is 7.62. The van der Waals surface area contributed by atoms with Gasteiger partial charge in [-0.1, -0.05) is 63.2 Å². The maximum Gasteiger partial charge on any atom is 0.416 e. The van der Waals surface area contributed by atoms with Gasteiger partial charge in [0.2, 0.25) is 0 Å². The summed E-state index contributed by atoms with van der Waals surface area (Å²) >= 11 is 0. The number of hydrogen-bond donors (Lipinski definition) is 0. The van der Waals surface area contributed by atoms with Crippen LogP contribution in [0.1, 0.15) is 53.4 Å². The third kappa shape index (κ3) is 6.65. The number of hydrogen-bond acceptors (Lipinski definition) is 1. The van der Waals surface area contributed by atoms with Crippen LogP contribution >= 0.6 is 0 Å². The Morgan fingerprint density at radius 1 is 0.800 bits per heavy atom. The summed E-state index contributed by atoms with van der Waals surface area (Å²) in [5.74, 6) is -4.88. The lowest BCUT2D eigenvalue weighted by molar-refractivity contribution is -0.137. The molecule has 2 nitrogen and oxygen atoms in total. The zero-order chi connectivity index (χ0) is 26.0. The van der Waals surface area contributed by atoms with Crippen molar-refractivity contribution < 1.29 is 31.1 Å². The van der Waals surface area contributed by atoms with Gasteiger partial charge in [-0.2, -0.15) is 13.2 Å². The molecular formula is C27H25F6NO. The van der Waals surface area contributed by atoms with E-state index in [9.17, 15) is 31.1 Å². The summed E-state index contributed by atoms with van der Waals surface area (Å²) in [6, 6.07) is 12.8. The first kappa shape index (κ1) is 26.3. The molecule has 0 radical (unpaired) electrons. The Labute approximate surface area is 200 Å². The molecule has 0 aromatic heterocycles. The summed E-state index contributed by atoms with van der Waals surface area (Å²) in [7, 11) is 0. The summed E-state index contributed by atoms with van der Waals surface area (Å²) in [5, 5.41) is 0. The molecule has 0 fully saturated rings. The van der Waals surface area contributed by atoms with Crippen LogP contribution < -0.4 is 0 Å². The van der Waals surface area contributed by atoms with Gasteiger partial charge in [-0.05, 0) is 34.6 Å². The first-order chi connectivity index (χ1) is 16.3. The van der Waals surface area contributed by atoms with Gasteiger partial charge in [0.25, 0.3) is 5.91 Å². The van der Waals surface area contributed by atoms with Crippen LogP contribution in [0.3, 0.4) is 0 Å². The molecule has 3 aromatic rings. The summed E-state index contributed by atoms with van der Waals surface area (Å²) < 4.78 is 81.2. The van der Waals surface area contributed by atoms with Gasteiger partial charge < -0.3 is 4.90 Å². The number of alkyl halides is 3. The van der Waals surface area contributed by atoms with E-state index in [0.29, 0.717) is 23.3 Å². The highest BCUT2D eigenvalue weighted by molar-refractivity contribution is 5.94. The fourth-order valence-electron chi connectivity index (χ4n) is 3.65. The van der Waals surface area contributed by atoms with Crippen LogP contribution in [0, 0.1) is 17.5 Å². The summed E-state index contributed by atoms with van der Waals surface area (Å²) in [4.78, 5) is 14.3. The van der Waals surface area contributed by atoms with Crippen molar-refractivity contribution >= 4 is 5.91 Å². The van der Waals surface area contributed by atoms with Crippen LogP contribution in [0.4, 0.5) is 26.3 Å². The van der Waals surface area contributed by atoms with Crippen molar-refractivity contribution in [2.24, 2.45) is 0 Å². The summed E-state index contributed by atoms with van der Waals surface area (Å²) in [6.45, 7) is 5.95. The Balaban J connectivity index is 1.91. The van der Waals surface area contributed by atoms with Crippen LogP contribution in [-0.2, 0) is 24.6 Å². The number of nitrogens with zero attached hydrogens (tertiary/aromatic N) is 1. The van der Waals surface area contributed by atoms with Crippen LogP contribution in [0.2, 0.25) is 0 Å². The number of benzene rings is 3. The lowest BCUT2D eigenvalue weighted by atomic mass is 9.87. The van der Waals surface area contributed by atoms with Crippen LogP contribution in [0.5, 0.6) is 0 Å². The largest absolute Gasteiger partial charge is 0.416 e. The molecule has 0 N–H and O–H groups in total. The van der Waals surface area contributed by atoms with Gasteiger partial charge in [-0.15, -0.1) is 0 Å². The maximum absolute atomic E-state index is 14.3. The summed E-state index contributed by atoms with van der Waals surface area (Å²) in [5.41, 5.74) is 0.151. The molecule has 8 heteroatoms. The number of rotatable bonds is 6. The van der Waals surface area contributed by atoms with E-state index >= 15 is 0 Å². The first-order valence-electron chi connectivity index (χ1n) is 10.9. The monoisotopic (exact) mass is 493 g/mol. The van der Waals surface area contributed by atoms with E-state index in [-0.39, 0.29) is 24.9 Å². The second-order valence-electron chi connectivity index (χ2n) is 9.37. The average Bonchev–Trinajstić information content (AvgIpc) is 2.75. The highest BCUT2D eigenvalue weighted by Gasteiger charge is 2.30. The van der Waals surface area contributed by atoms with Crippen LogP contribution in [0.25, 0.3) is 0 Å². The SMILES string of the molecule is CC(C)(C)c1ccc(CN(CCc2cccc(C(F)(F)F)c2)C(=O)c2c(F)cc(F)cc2F)cc1. The Hall–Kier alpha value is -3.29. The van der Waals surface area contributed by atoms with Crippen molar-refractivity contribution in [2.45, 2.75) is 45.3 Å². The minimum Gasteiger partial charge on any atom is -0.334 e. The number of carbonyl (C=O) groups excluding carboxylic acids is 1. The van der Waals surface area contributed by atoms with Gasteiger partial charge >= 0.3 is 6.18 Å². The van der Waals surface area contributed by atoms with Crippen molar-refractivity contribution in [1.82, 2.24) is 4.90 Å². The van der Waals surface area contributed by atoms with Gasteiger partial charge in [0.05, 0.1) is 5.56 Å². The van der Waals surface area contributed by atoms with E-state index in [0.717, 1.165) is 22.6 Å². The molecule has 1 amide bonds. The van der Waals surface area contributed by atoms with Crippen molar-refractivity contribution in [3.05, 3.63) is 106 Å². The van der Waals surface area contributed by atoms with E-state index < -0.39 is 40.7 Å². The van der Waals surface area contributed by atoms with E-state index in [4.69, 9.17) is 0 Å². The minimum atomic E-state index is -4.53. The van der Waals surface area contributed by atoms with Gasteiger partial charge in [-0.25, -0.2) is 13.2 Å². The van der Waals surface area contributed by atoms with Crippen molar-refractivity contribution in [3.63, 3.8) is 0 Å². The van der Waals surface area contributed by atoms with E-state index in [2.05, 4.69) is 0 Å². The van der Waals surface area contributed by atoms with Gasteiger partial charge in [0.15, 0.2) is 0 Å². The standard InChI is InChI=1S/C27H25F6NO/c1-26(2,3)19-9-7-18(8-10-19)16-34(25(35)24-22(29)14-21(28)15-23(24)30)12-11-17-5-4-6-20(13-17)27(31,32)33/h4-10,13-15H,11-12,16H2,1-3H3. The highest BCUT2D eigenvalue weighted by Crippen LogP contribution is 2.30. The molecular weight excluding hydrogens is 468 g/mol. The lowest BCUT2D eigenvalue weighted by Crippen LogP contribution is -2.34. The van der Waals surface area contributed by atoms with E-state index in [1.807, 2.05) is 32.9 Å². The van der Waals surface area contributed by atoms with Crippen LogP contribution in [-0.4, -0.2) is 17.4 Å². The topological polar surface area (TPSA) is 20.3 Å². The fourth-order valence-corrected chi connectivity index (χ4v) is 3.65. The molecule has 3 rings (SSSR count). The molecule has 186 valence electrons. The van der Waals surface area contributed by atoms with Crippen molar-refractivity contribution in [2.75, 3.05) is 6.54 Å². The van der Waals surface area contributed by atoms with Crippen LogP contribution in [0.15, 0.2) is 60.7 Å². The second-order valence-corrected chi connectivity index (χ2v) is 9.37. The summed E-state index contributed by atoms with van der Waals surface area (Å²) in [6.07, 6.45) is -4.51. The normalized spacial score (nSPS) is 12.0. The molecule has 35 heavy (non-hydrogen) atoms. The molecule has 0 aliphatic rings. The van der Waals surface area contributed by atoms with Gasteiger partial charge in [-0.3, -0.25) is 4.79 Å². The van der Waals surface area contributed by atoms with Gasteiger partial charge in [0.1, 0.15) is 23.0 Å². The number of carbonyl (C=O) groups is 1. The molecule has 0 unspecified atom stereocenters. The molecule has 3 aromatic carbocycles. The van der Waals surface area contributed by atoms with E-state index in [1.165, 1.54) is 12.1 Å². The quantitative estimate of drug-likeness (QED) is 0.330. The molecule has 0 saturated carbocycles. The smallest absolute Gasteiger partial charge is 0.334 e. The minimum absolute atomic E-state index is 0.0141. The number of amides is 1. The first-order valence-corrected chi connectivity index (χ1v) is 10.9. The fraction of sp³-hybridized carbons (Fsp3) is 0.296. The third-order valence-electron chi connectivity index (χ3n) is 5.63.